The van der Waals surface area contributed by atoms with E-state index < -0.39 is 0 Å². The number of nitrogens with one attached hydrogen (secondary N) is 1. The smallest absolute Gasteiger partial charge is 0.184 e. The Balaban J connectivity index is 2.28. The van der Waals surface area contributed by atoms with Crippen molar-refractivity contribution in [1.29, 1.82) is 0 Å². The van der Waals surface area contributed by atoms with Crippen LogP contribution in [0.25, 0.3) is 0 Å². The predicted octanol–water partition coefficient (Wildman–Crippen LogP) is 2.95. The summed E-state index contributed by atoms with van der Waals surface area (Å²) in [6, 6.07) is 0. The molecular formula is C12H23N3S. The fourth-order valence-corrected chi connectivity index (χ4v) is 2.35. The van der Waals surface area contributed by atoms with Crippen molar-refractivity contribution in [1.82, 2.24) is 5.43 Å². The minimum Gasteiger partial charge on any atom is -0.375 e. The third-order valence-corrected chi connectivity index (χ3v) is 3.26. The quantitative estimate of drug-likeness (QED) is 0.427. The molecule has 3 nitrogen and oxygen atoms in total. The van der Waals surface area contributed by atoms with E-state index in [1.165, 1.54) is 50.7 Å². The Morgan fingerprint density at radius 1 is 1.50 bits per heavy atom. The van der Waals surface area contributed by atoms with Crippen molar-refractivity contribution in [2.75, 3.05) is 0 Å². The summed E-state index contributed by atoms with van der Waals surface area (Å²) in [4.78, 5) is 0. The Bertz CT molecular complexity index is 251. The zero-order valence-electron chi connectivity index (χ0n) is 10.2. The van der Waals surface area contributed by atoms with Crippen molar-refractivity contribution in [2.24, 2.45) is 16.8 Å². The lowest BCUT2D eigenvalue weighted by Gasteiger charge is -2.10. The number of rotatable bonds is 6. The molecule has 1 atom stereocenters. The zero-order valence-corrected chi connectivity index (χ0v) is 11.0. The Labute approximate surface area is 104 Å². The van der Waals surface area contributed by atoms with Crippen LogP contribution in [0.5, 0.6) is 0 Å². The molecule has 1 rings (SSSR count). The first-order valence-electron chi connectivity index (χ1n) is 6.36. The molecule has 3 N–H and O–H groups in total. The summed E-state index contributed by atoms with van der Waals surface area (Å²) < 4.78 is 0. The molecule has 16 heavy (non-hydrogen) atoms. The Kier molecular flexibility index (Phi) is 6.38. The number of nitrogens with two attached hydrogens (primary N) is 1. The molecule has 0 spiro atoms. The second-order valence-corrected chi connectivity index (χ2v) is 4.96. The van der Waals surface area contributed by atoms with Gasteiger partial charge >= 0.3 is 0 Å². The average molecular weight is 241 g/mol. The van der Waals surface area contributed by atoms with Crippen molar-refractivity contribution in [2.45, 2.75) is 58.3 Å². The van der Waals surface area contributed by atoms with Crippen LogP contribution < -0.4 is 11.2 Å². The molecule has 1 fully saturated rings. The predicted molar refractivity (Wildman–Crippen MR) is 73.5 cm³/mol. The van der Waals surface area contributed by atoms with Crippen molar-refractivity contribution in [3.8, 4) is 0 Å². The second kappa shape index (κ2) is 7.60. The molecule has 0 amide bonds. The van der Waals surface area contributed by atoms with E-state index >= 15 is 0 Å². The molecule has 92 valence electrons. The van der Waals surface area contributed by atoms with Gasteiger partial charge in [-0.15, -0.1) is 0 Å². The van der Waals surface area contributed by atoms with Crippen LogP contribution in [-0.2, 0) is 0 Å². The first-order chi connectivity index (χ1) is 7.74. The van der Waals surface area contributed by atoms with Crippen LogP contribution in [-0.4, -0.2) is 10.8 Å². The van der Waals surface area contributed by atoms with E-state index in [1.807, 2.05) is 0 Å². The van der Waals surface area contributed by atoms with E-state index in [9.17, 15) is 0 Å². The minimum absolute atomic E-state index is 0.268. The molecule has 1 aliphatic carbocycles. The van der Waals surface area contributed by atoms with E-state index in [0.29, 0.717) is 5.92 Å². The van der Waals surface area contributed by atoms with Gasteiger partial charge in [-0.25, -0.2) is 0 Å². The van der Waals surface area contributed by atoms with Crippen molar-refractivity contribution in [3.05, 3.63) is 0 Å². The first-order valence-corrected chi connectivity index (χ1v) is 6.76. The Hall–Kier alpha value is -0.640. The molecular weight excluding hydrogens is 218 g/mol. The summed E-state index contributed by atoms with van der Waals surface area (Å²) in [7, 11) is 0. The maximum absolute atomic E-state index is 5.37. The summed E-state index contributed by atoms with van der Waals surface area (Å²) in [6.07, 6.45) is 10.2. The third-order valence-electron chi connectivity index (χ3n) is 3.17. The van der Waals surface area contributed by atoms with Crippen LogP contribution in [0.2, 0.25) is 0 Å². The highest BCUT2D eigenvalue weighted by atomic mass is 32.1. The van der Waals surface area contributed by atoms with Gasteiger partial charge in [-0.2, -0.15) is 5.10 Å². The summed E-state index contributed by atoms with van der Waals surface area (Å²) in [5, 5.41) is 4.57. The van der Waals surface area contributed by atoms with Gasteiger partial charge in [-0.1, -0.05) is 32.6 Å². The van der Waals surface area contributed by atoms with Gasteiger partial charge in [-0.05, 0) is 43.8 Å². The van der Waals surface area contributed by atoms with Gasteiger partial charge in [0.2, 0.25) is 0 Å². The van der Waals surface area contributed by atoms with Gasteiger partial charge in [0.1, 0.15) is 0 Å². The molecule has 1 unspecified atom stereocenters. The van der Waals surface area contributed by atoms with Gasteiger partial charge in [0.15, 0.2) is 5.11 Å². The minimum atomic E-state index is 0.268. The Morgan fingerprint density at radius 3 is 3.00 bits per heavy atom. The summed E-state index contributed by atoms with van der Waals surface area (Å²) in [5.41, 5.74) is 9.35. The summed E-state index contributed by atoms with van der Waals surface area (Å²) in [6.45, 7) is 2.24. The largest absolute Gasteiger partial charge is 0.375 e. The van der Waals surface area contributed by atoms with Crippen molar-refractivity contribution < 1.29 is 0 Å². The first kappa shape index (κ1) is 13.4. The SMILES string of the molecule is CCCCCCC1CCC/C1=N\NC(N)=S. The van der Waals surface area contributed by atoms with Crippen LogP contribution in [0, 0.1) is 5.92 Å². The van der Waals surface area contributed by atoms with Crippen LogP contribution in [0.1, 0.15) is 58.3 Å². The highest BCUT2D eigenvalue weighted by Crippen LogP contribution is 2.27. The monoisotopic (exact) mass is 241 g/mol. The van der Waals surface area contributed by atoms with Crippen LogP contribution in [0.3, 0.4) is 0 Å². The number of thiocarbonyl (C=S) groups is 1. The molecule has 0 bridgehead atoms. The fourth-order valence-electron chi connectivity index (χ4n) is 2.30. The number of nitrogens with zero attached hydrogens (tertiary/aromatic N) is 1. The lowest BCUT2D eigenvalue weighted by Crippen LogP contribution is -2.26. The molecule has 1 saturated carbocycles. The molecule has 4 heteroatoms. The molecule has 0 aromatic carbocycles. The van der Waals surface area contributed by atoms with E-state index in [-0.39, 0.29) is 5.11 Å². The highest BCUT2D eigenvalue weighted by molar-refractivity contribution is 7.80. The van der Waals surface area contributed by atoms with E-state index in [1.54, 1.807) is 0 Å². The van der Waals surface area contributed by atoms with Gasteiger partial charge in [0.25, 0.3) is 0 Å². The van der Waals surface area contributed by atoms with Gasteiger partial charge in [-0.3, -0.25) is 5.43 Å². The van der Waals surface area contributed by atoms with Crippen LogP contribution in [0.4, 0.5) is 0 Å². The highest BCUT2D eigenvalue weighted by Gasteiger charge is 2.21. The molecule has 0 aromatic heterocycles. The van der Waals surface area contributed by atoms with E-state index in [2.05, 4.69) is 17.5 Å². The van der Waals surface area contributed by atoms with Gasteiger partial charge in [0, 0.05) is 5.71 Å². The van der Waals surface area contributed by atoms with Crippen LogP contribution >= 0.6 is 12.2 Å². The van der Waals surface area contributed by atoms with Gasteiger partial charge < -0.3 is 5.73 Å². The standard InChI is InChI=1S/C12H23N3S/c1-2-3-4-5-7-10-8-6-9-11(10)14-15-12(13)16/h10H,2-9H2,1H3,(H3,13,15,16)/b14-11+. The van der Waals surface area contributed by atoms with Gasteiger partial charge in [0.05, 0.1) is 0 Å². The van der Waals surface area contributed by atoms with Crippen molar-refractivity contribution in [3.63, 3.8) is 0 Å². The third kappa shape index (κ3) is 4.92. The Morgan fingerprint density at radius 2 is 2.31 bits per heavy atom. The molecule has 1 aliphatic rings. The fraction of sp³-hybridized carbons (Fsp3) is 0.833. The second-order valence-electron chi connectivity index (χ2n) is 4.52. The number of hydrogen-bond acceptors (Lipinski definition) is 2. The maximum atomic E-state index is 5.37. The number of unbranched alkanes of at least 4 members (excludes halogenated alkanes) is 3. The number of hydrazone groups is 1. The maximum Gasteiger partial charge on any atom is 0.184 e. The topological polar surface area (TPSA) is 50.4 Å². The summed E-state index contributed by atoms with van der Waals surface area (Å²) >= 11 is 4.75. The molecule has 0 aromatic rings. The lowest BCUT2D eigenvalue weighted by atomic mass is 9.98. The normalized spacial score (nSPS) is 22.6. The lowest BCUT2D eigenvalue weighted by molar-refractivity contribution is 0.543. The van der Waals surface area contributed by atoms with Crippen LogP contribution in [0.15, 0.2) is 5.10 Å². The molecule has 0 saturated heterocycles. The molecule has 0 radical (unpaired) electrons. The van der Waals surface area contributed by atoms with Crippen molar-refractivity contribution >= 4 is 23.0 Å². The average Bonchev–Trinajstić information content (AvgIpc) is 2.69. The molecule has 0 aliphatic heterocycles. The molecule has 0 heterocycles. The van der Waals surface area contributed by atoms with E-state index in [4.69, 9.17) is 18.0 Å². The number of hydrogen-bond donors (Lipinski definition) is 2. The summed E-state index contributed by atoms with van der Waals surface area (Å²) in [5.74, 6) is 0.665. The zero-order chi connectivity index (χ0) is 11.8. The van der Waals surface area contributed by atoms with E-state index in [0.717, 1.165) is 6.42 Å².